The molecule has 2 atom stereocenters. The predicted octanol–water partition coefficient (Wildman–Crippen LogP) is 2.24. The molecule has 0 radical (unpaired) electrons. The number of hydrogen-bond donors (Lipinski definition) is 2. The van der Waals surface area contributed by atoms with Crippen molar-refractivity contribution in [2.24, 2.45) is 5.92 Å². The van der Waals surface area contributed by atoms with Gasteiger partial charge in [0.2, 0.25) is 0 Å². The zero-order valence-corrected chi connectivity index (χ0v) is 8.82. The van der Waals surface area contributed by atoms with Gasteiger partial charge in [0, 0.05) is 11.6 Å². The Morgan fingerprint density at radius 3 is 2.92 bits per heavy atom. The molecule has 1 aromatic heterocycles. The predicted molar refractivity (Wildman–Crippen MR) is 57.1 cm³/mol. The van der Waals surface area contributed by atoms with Gasteiger partial charge >= 0.3 is 0 Å². The lowest BCUT2D eigenvalue weighted by molar-refractivity contribution is 0.775. The van der Waals surface area contributed by atoms with Crippen molar-refractivity contribution in [2.45, 2.75) is 32.7 Å². The van der Waals surface area contributed by atoms with Crippen LogP contribution >= 0.6 is 11.5 Å². The number of nitrogen functional groups attached to an aromatic ring is 1. The van der Waals surface area contributed by atoms with Crippen molar-refractivity contribution in [1.29, 1.82) is 0 Å². The van der Waals surface area contributed by atoms with Gasteiger partial charge in [-0.2, -0.15) is 4.37 Å². The van der Waals surface area contributed by atoms with Crippen molar-refractivity contribution in [3.05, 3.63) is 5.56 Å². The maximum absolute atomic E-state index is 5.66. The molecular formula is C9H15N3S. The highest BCUT2D eigenvalue weighted by Gasteiger charge is 2.35. The minimum atomic E-state index is 0.668. The van der Waals surface area contributed by atoms with Crippen LogP contribution in [0.5, 0.6) is 0 Å². The molecule has 1 aliphatic carbocycles. The first-order chi connectivity index (χ1) is 6.22. The Balaban J connectivity index is 1.99. The lowest BCUT2D eigenvalue weighted by atomic mass is 10.3. The second-order valence-electron chi connectivity index (χ2n) is 3.68. The van der Waals surface area contributed by atoms with Gasteiger partial charge < -0.3 is 11.1 Å². The lowest BCUT2D eigenvalue weighted by Gasteiger charge is -2.02. The SMILES string of the molecule is CCC1CC1Nc1snc(N)c1C. The second kappa shape index (κ2) is 3.18. The Labute approximate surface area is 82.5 Å². The molecule has 0 spiro atoms. The summed E-state index contributed by atoms with van der Waals surface area (Å²) in [6.45, 7) is 4.25. The van der Waals surface area contributed by atoms with Crippen LogP contribution in [0.4, 0.5) is 10.8 Å². The molecule has 0 saturated heterocycles. The van der Waals surface area contributed by atoms with Gasteiger partial charge in [0.25, 0.3) is 0 Å². The molecule has 2 unspecified atom stereocenters. The number of aromatic nitrogens is 1. The van der Waals surface area contributed by atoms with Crippen LogP contribution in [0, 0.1) is 12.8 Å². The standard InChI is InChI=1S/C9H15N3S/c1-3-6-4-7(6)11-9-5(2)8(10)12-13-9/h6-7,11H,3-4H2,1-2H3,(H2,10,12). The zero-order chi connectivity index (χ0) is 9.42. The molecule has 1 saturated carbocycles. The summed E-state index contributed by atoms with van der Waals surface area (Å²) in [6.07, 6.45) is 2.57. The van der Waals surface area contributed by atoms with E-state index in [1.165, 1.54) is 24.4 Å². The number of rotatable bonds is 3. The molecule has 0 amide bonds. The van der Waals surface area contributed by atoms with Gasteiger partial charge in [-0.15, -0.1) is 0 Å². The summed E-state index contributed by atoms with van der Waals surface area (Å²) in [7, 11) is 0. The average molecular weight is 197 g/mol. The van der Waals surface area contributed by atoms with Gasteiger partial charge in [0.05, 0.1) is 0 Å². The Morgan fingerprint density at radius 2 is 2.46 bits per heavy atom. The van der Waals surface area contributed by atoms with Crippen LogP contribution in [0.3, 0.4) is 0 Å². The fraction of sp³-hybridized carbons (Fsp3) is 0.667. The van der Waals surface area contributed by atoms with Crippen molar-refractivity contribution in [3.63, 3.8) is 0 Å². The molecular weight excluding hydrogens is 182 g/mol. The third kappa shape index (κ3) is 1.63. The van der Waals surface area contributed by atoms with E-state index in [-0.39, 0.29) is 0 Å². The Morgan fingerprint density at radius 1 is 1.69 bits per heavy atom. The van der Waals surface area contributed by atoms with Crippen LogP contribution in [0.2, 0.25) is 0 Å². The normalized spacial score (nSPS) is 26.0. The van der Waals surface area contributed by atoms with Crippen molar-refractivity contribution < 1.29 is 0 Å². The molecule has 4 heteroatoms. The van der Waals surface area contributed by atoms with E-state index in [0.717, 1.165) is 16.5 Å². The van der Waals surface area contributed by atoms with E-state index in [9.17, 15) is 0 Å². The number of anilines is 2. The van der Waals surface area contributed by atoms with E-state index < -0.39 is 0 Å². The summed E-state index contributed by atoms with van der Waals surface area (Å²) in [4.78, 5) is 0. The highest BCUT2D eigenvalue weighted by atomic mass is 32.1. The number of nitrogens with two attached hydrogens (primary N) is 1. The van der Waals surface area contributed by atoms with Crippen molar-refractivity contribution in [3.8, 4) is 0 Å². The summed E-state index contributed by atoms with van der Waals surface area (Å²) >= 11 is 1.47. The molecule has 2 rings (SSSR count). The van der Waals surface area contributed by atoms with Crippen LogP contribution in [0.15, 0.2) is 0 Å². The van der Waals surface area contributed by atoms with Crippen LogP contribution in [-0.4, -0.2) is 10.4 Å². The molecule has 1 aromatic rings. The summed E-state index contributed by atoms with van der Waals surface area (Å²) < 4.78 is 4.10. The summed E-state index contributed by atoms with van der Waals surface area (Å²) in [5, 5.41) is 4.63. The van der Waals surface area contributed by atoms with Gasteiger partial charge in [0.1, 0.15) is 10.8 Å². The van der Waals surface area contributed by atoms with Crippen molar-refractivity contribution in [1.82, 2.24) is 4.37 Å². The van der Waals surface area contributed by atoms with E-state index in [1.807, 2.05) is 6.92 Å². The zero-order valence-electron chi connectivity index (χ0n) is 8.00. The Kier molecular flexibility index (Phi) is 2.15. The molecule has 72 valence electrons. The van der Waals surface area contributed by atoms with E-state index in [1.54, 1.807) is 0 Å². The van der Waals surface area contributed by atoms with E-state index in [4.69, 9.17) is 5.73 Å². The molecule has 1 aliphatic rings. The molecule has 0 bridgehead atoms. The Hall–Kier alpha value is -0.770. The maximum atomic E-state index is 5.66. The topological polar surface area (TPSA) is 50.9 Å². The molecule has 13 heavy (non-hydrogen) atoms. The van der Waals surface area contributed by atoms with Crippen LogP contribution in [0.25, 0.3) is 0 Å². The van der Waals surface area contributed by atoms with Gasteiger partial charge in [0.15, 0.2) is 0 Å². The summed E-state index contributed by atoms with van der Waals surface area (Å²) in [5.41, 5.74) is 6.77. The number of nitrogens with one attached hydrogen (secondary N) is 1. The quantitative estimate of drug-likeness (QED) is 0.781. The molecule has 3 nitrogen and oxygen atoms in total. The highest BCUT2D eigenvalue weighted by molar-refractivity contribution is 7.10. The molecule has 1 heterocycles. The average Bonchev–Trinajstić information content (AvgIpc) is 2.81. The number of nitrogens with zero attached hydrogens (tertiary/aromatic N) is 1. The van der Waals surface area contributed by atoms with Crippen LogP contribution in [-0.2, 0) is 0 Å². The summed E-state index contributed by atoms with van der Waals surface area (Å²) in [5.74, 6) is 1.53. The van der Waals surface area contributed by atoms with Gasteiger partial charge in [-0.25, -0.2) is 0 Å². The largest absolute Gasteiger partial charge is 0.383 e. The first-order valence-electron chi connectivity index (χ1n) is 4.70. The van der Waals surface area contributed by atoms with Crippen molar-refractivity contribution in [2.75, 3.05) is 11.1 Å². The Bertz CT molecular complexity index is 308. The molecule has 0 aliphatic heterocycles. The molecule has 3 N–H and O–H groups in total. The first-order valence-corrected chi connectivity index (χ1v) is 5.48. The fourth-order valence-corrected chi connectivity index (χ4v) is 2.30. The third-order valence-corrected chi connectivity index (χ3v) is 3.62. The number of hydrogen-bond acceptors (Lipinski definition) is 4. The van der Waals surface area contributed by atoms with E-state index >= 15 is 0 Å². The second-order valence-corrected chi connectivity index (χ2v) is 4.45. The third-order valence-electron chi connectivity index (χ3n) is 2.72. The fourth-order valence-electron chi connectivity index (χ4n) is 1.53. The van der Waals surface area contributed by atoms with Gasteiger partial charge in [-0.05, 0) is 30.8 Å². The van der Waals surface area contributed by atoms with Gasteiger partial charge in [-0.1, -0.05) is 13.3 Å². The van der Waals surface area contributed by atoms with Crippen LogP contribution in [0.1, 0.15) is 25.3 Å². The minimum absolute atomic E-state index is 0.668. The van der Waals surface area contributed by atoms with Crippen molar-refractivity contribution >= 4 is 22.4 Å². The maximum Gasteiger partial charge on any atom is 0.142 e. The molecule has 1 fully saturated rings. The smallest absolute Gasteiger partial charge is 0.142 e. The van der Waals surface area contributed by atoms with Gasteiger partial charge in [-0.3, -0.25) is 0 Å². The van der Waals surface area contributed by atoms with E-state index in [2.05, 4.69) is 16.6 Å². The lowest BCUT2D eigenvalue weighted by Crippen LogP contribution is -2.03. The first kappa shape index (κ1) is 8.81. The molecule has 0 aromatic carbocycles. The van der Waals surface area contributed by atoms with Crippen LogP contribution < -0.4 is 11.1 Å². The van der Waals surface area contributed by atoms with E-state index in [0.29, 0.717) is 11.9 Å². The monoisotopic (exact) mass is 197 g/mol. The highest BCUT2D eigenvalue weighted by Crippen LogP contribution is 2.38. The minimum Gasteiger partial charge on any atom is -0.383 e. The summed E-state index contributed by atoms with van der Waals surface area (Å²) in [6, 6.07) is 0.670.